The van der Waals surface area contributed by atoms with E-state index in [4.69, 9.17) is 9.47 Å². The van der Waals surface area contributed by atoms with Gasteiger partial charge in [0.25, 0.3) is 10.0 Å². The lowest BCUT2D eigenvalue weighted by Crippen LogP contribution is -2.41. The van der Waals surface area contributed by atoms with E-state index in [-0.39, 0.29) is 11.1 Å². The van der Waals surface area contributed by atoms with Crippen LogP contribution in [0, 0.1) is 0 Å². The van der Waals surface area contributed by atoms with Gasteiger partial charge >= 0.3 is 0 Å². The van der Waals surface area contributed by atoms with Crippen molar-refractivity contribution in [2.24, 2.45) is 7.05 Å². The SMILES string of the molecule is COCCOC1CCN(S(=O)(=O)c2cn(C)cn2)CC1. The molecule has 2 heterocycles. The molecule has 7 nitrogen and oxygen atoms in total. The monoisotopic (exact) mass is 303 g/mol. The molecule has 114 valence electrons. The molecule has 0 aromatic carbocycles. The summed E-state index contributed by atoms with van der Waals surface area (Å²) in [4.78, 5) is 3.93. The van der Waals surface area contributed by atoms with E-state index in [1.807, 2.05) is 0 Å². The Labute approximate surface area is 119 Å². The molecule has 0 saturated carbocycles. The third-order valence-electron chi connectivity index (χ3n) is 3.33. The number of hydrogen-bond donors (Lipinski definition) is 0. The summed E-state index contributed by atoms with van der Waals surface area (Å²) in [6.45, 7) is 2.05. The van der Waals surface area contributed by atoms with Crippen LogP contribution in [0.5, 0.6) is 0 Å². The fourth-order valence-electron chi connectivity index (χ4n) is 2.19. The lowest BCUT2D eigenvalue weighted by molar-refractivity contribution is -0.00503. The maximum Gasteiger partial charge on any atom is 0.262 e. The number of hydrogen-bond acceptors (Lipinski definition) is 5. The van der Waals surface area contributed by atoms with Crippen molar-refractivity contribution < 1.29 is 17.9 Å². The van der Waals surface area contributed by atoms with Gasteiger partial charge in [0.2, 0.25) is 0 Å². The summed E-state index contributed by atoms with van der Waals surface area (Å²) < 4.78 is 38.4. The van der Waals surface area contributed by atoms with Crippen molar-refractivity contribution in [3.63, 3.8) is 0 Å². The van der Waals surface area contributed by atoms with Crippen molar-refractivity contribution in [1.82, 2.24) is 13.9 Å². The number of ether oxygens (including phenoxy) is 2. The van der Waals surface area contributed by atoms with Crippen LogP contribution < -0.4 is 0 Å². The number of imidazole rings is 1. The average Bonchev–Trinajstić information content (AvgIpc) is 2.87. The summed E-state index contributed by atoms with van der Waals surface area (Å²) in [6, 6.07) is 0. The third-order valence-corrected chi connectivity index (χ3v) is 5.11. The van der Waals surface area contributed by atoms with Gasteiger partial charge in [0.05, 0.1) is 25.6 Å². The second kappa shape index (κ2) is 6.66. The van der Waals surface area contributed by atoms with Crippen LogP contribution in [0.2, 0.25) is 0 Å². The van der Waals surface area contributed by atoms with Gasteiger partial charge in [-0.25, -0.2) is 13.4 Å². The van der Waals surface area contributed by atoms with Crippen LogP contribution in [-0.4, -0.2) is 61.8 Å². The van der Waals surface area contributed by atoms with Crippen molar-refractivity contribution in [1.29, 1.82) is 0 Å². The standard InChI is InChI=1S/C12H21N3O4S/c1-14-9-12(13-10-14)20(16,17)15-5-3-11(4-6-15)19-8-7-18-2/h9-11H,3-8H2,1-2H3. The van der Waals surface area contributed by atoms with E-state index in [0.29, 0.717) is 39.1 Å². The molecule has 1 aliphatic rings. The van der Waals surface area contributed by atoms with E-state index in [0.717, 1.165) is 0 Å². The third kappa shape index (κ3) is 3.57. The van der Waals surface area contributed by atoms with Crippen molar-refractivity contribution in [2.75, 3.05) is 33.4 Å². The zero-order chi connectivity index (χ0) is 14.6. The lowest BCUT2D eigenvalue weighted by atomic mass is 10.1. The Morgan fingerprint density at radius 1 is 1.35 bits per heavy atom. The molecule has 0 radical (unpaired) electrons. The Morgan fingerprint density at radius 2 is 2.05 bits per heavy atom. The highest BCUT2D eigenvalue weighted by Crippen LogP contribution is 2.20. The minimum absolute atomic E-state index is 0.110. The zero-order valence-corrected chi connectivity index (χ0v) is 12.7. The van der Waals surface area contributed by atoms with Gasteiger partial charge in [0.1, 0.15) is 0 Å². The van der Waals surface area contributed by atoms with Crippen molar-refractivity contribution in [3.8, 4) is 0 Å². The van der Waals surface area contributed by atoms with Gasteiger partial charge in [-0.1, -0.05) is 0 Å². The van der Waals surface area contributed by atoms with Gasteiger partial charge in [-0.05, 0) is 12.8 Å². The number of methoxy groups -OCH3 is 1. The molecule has 1 fully saturated rings. The first-order chi connectivity index (χ1) is 9.54. The number of rotatable bonds is 6. The van der Waals surface area contributed by atoms with E-state index >= 15 is 0 Å². The average molecular weight is 303 g/mol. The van der Waals surface area contributed by atoms with Crippen molar-refractivity contribution in [2.45, 2.75) is 24.0 Å². The number of sulfonamides is 1. The molecule has 0 atom stereocenters. The van der Waals surface area contributed by atoms with Gasteiger partial charge in [0, 0.05) is 33.4 Å². The number of piperidine rings is 1. The van der Waals surface area contributed by atoms with E-state index < -0.39 is 10.0 Å². The summed E-state index contributed by atoms with van der Waals surface area (Å²) in [5, 5.41) is 0.110. The molecule has 8 heteroatoms. The van der Waals surface area contributed by atoms with E-state index in [2.05, 4.69) is 4.98 Å². The van der Waals surface area contributed by atoms with Crippen LogP contribution in [0.3, 0.4) is 0 Å². The molecular formula is C12H21N3O4S. The molecule has 20 heavy (non-hydrogen) atoms. The van der Waals surface area contributed by atoms with Gasteiger partial charge in [-0.15, -0.1) is 0 Å². The smallest absolute Gasteiger partial charge is 0.262 e. The zero-order valence-electron chi connectivity index (χ0n) is 11.9. The van der Waals surface area contributed by atoms with E-state index in [1.165, 1.54) is 16.8 Å². The number of aromatic nitrogens is 2. The first kappa shape index (κ1) is 15.4. The van der Waals surface area contributed by atoms with Crippen LogP contribution in [0.1, 0.15) is 12.8 Å². The normalized spacial score (nSPS) is 18.5. The lowest BCUT2D eigenvalue weighted by Gasteiger charge is -2.30. The fraction of sp³-hybridized carbons (Fsp3) is 0.750. The highest BCUT2D eigenvalue weighted by molar-refractivity contribution is 7.89. The highest BCUT2D eigenvalue weighted by Gasteiger charge is 2.31. The molecule has 0 amide bonds. The molecule has 2 rings (SSSR count). The maximum atomic E-state index is 12.4. The van der Waals surface area contributed by atoms with Gasteiger partial charge < -0.3 is 14.0 Å². The Hall–Kier alpha value is -0.960. The van der Waals surface area contributed by atoms with Gasteiger partial charge in [-0.2, -0.15) is 4.31 Å². The summed E-state index contributed by atoms with van der Waals surface area (Å²) >= 11 is 0. The molecule has 1 saturated heterocycles. The highest BCUT2D eigenvalue weighted by atomic mass is 32.2. The topological polar surface area (TPSA) is 73.7 Å². The van der Waals surface area contributed by atoms with Crippen LogP contribution in [0.15, 0.2) is 17.6 Å². The largest absolute Gasteiger partial charge is 0.382 e. The van der Waals surface area contributed by atoms with E-state index in [9.17, 15) is 8.42 Å². The molecule has 1 aliphatic heterocycles. The molecule has 0 N–H and O–H groups in total. The predicted octanol–water partition coefficient (Wildman–Crippen LogP) is 0.236. The quantitative estimate of drug-likeness (QED) is 0.704. The molecule has 0 aliphatic carbocycles. The van der Waals surface area contributed by atoms with Gasteiger partial charge in [-0.3, -0.25) is 0 Å². The minimum Gasteiger partial charge on any atom is -0.382 e. The first-order valence-electron chi connectivity index (χ1n) is 6.62. The van der Waals surface area contributed by atoms with Crippen LogP contribution in [-0.2, 0) is 26.5 Å². The Morgan fingerprint density at radius 3 is 2.60 bits per heavy atom. The van der Waals surface area contributed by atoms with Crippen LogP contribution in [0.25, 0.3) is 0 Å². The first-order valence-corrected chi connectivity index (χ1v) is 8.06. The van der Waals surface area contributed by atoms with Crippen molar-refractivity contribution in [3.05, 3.63) is 12.5 Å². The molecular weight excluding hydrogens is 282 g/mol. The van der Waals surface area contributed by atoms with E-state index in [1.54, 1.807) is 18.7 Å². The number of aryl methyl sites for hydroxylation is 1. The molecule has 1 aromatic heterocycles. The molecule has 0 bridgehead atoms. The molecule has 0 unspecified atom stereocenters. The number of nitrogens with zero attached hydrogens (tertiary/aromatic N) is 3. The molecule has 1 aromatic rings. The maximum absolute atomic E-state index is 12.4. The fourth-order valence-corrected chi connectivity index (χ4v) is 3.63. The summed E-state index contributed by atoms with van der Waals surface area (Å²) in [5.41, 5.74) is 0. The van der Waals surface area contributed by atoms with Crippen LogP contribution >= 0.6 is 0 Å². The Kier molecular flexibility index (Phi) is 5.14. The van der Waals surface area contributed by atoms with Crippen LogP contribution in [0.4, 0.5) is 0 Å². The summed E-state index contributed by atoms with van der Waals surface area (Å²) in [5.74, 6) is 0. The van der Waals surface area contributed by atoms with Crippen molar-refractivity contribution >= 4 is 10.0 Å². The van der Waals surface area contributed by atoms with Gasteiger partial charge in [0.15, 0.2) is 5.03 Å². The predicted molar refractivity (Wildman–Crippen MR) is 72.8 cm³/mol. The summed E-state index contributed by atoms with van der Waals surface area (Å²) in [7, 11) is -0.0864. The summed E-state index contributed by atoms with van der Waals surface area (Å²) in [6.07, 6.45) is 4.54. The Bertz CT molecular complexity index is 521. The second-order valence-corrected chi connectivity index (χ2v) is 6.73. The molecule has 0 spiro atoms. The second-order valence-electron chi connectivity index (χ2n) is 4.84. The minimum atomic E-state index is -3.47. The Balaban J connectivity index is 1.90.